The quantitative estimate of drug-likeness (QED) is 0.365. The van der Waals surface area contributed by atoms with Gasteiger partial charge in [-0.2, -0.15) is 4.39 Å². The maximum Gasteiger partial charge on any atom is 0.326 e. The minimum atomic E-state index is -0.567. The van der Waals surface area contributed by atoms with Gasteiger partial charge in [0.05, 0.1) is 5.52 Å². The maximum atomic E-state index is 13.8. The molecule has 5 rings (SSSR count). The van der Waals surface area contributed by atoms with Gasteiger partial charge in [-0.3, -0.25) is 9.47 Å². The summed E-state index contributed by atoms with van der Waals surface area (Å²) in [6.07, 6.45) is 6.12. The molecule has 2 aromatic carbocycles. The molecule has 0 bridgehead atoms. The molecule has 1 aliphatic heterocycles. The van der Waals surface area contributed by atoms with Gasteiger partial charge in [-0.05, 0) is 66.4 Å². The maximum absolute atomic E-state index is 13.8. The van der Waals surface area contributed by atoms with Crippen LogP contribution in [0.2, 0.25) is 0 Å². The molecule has 0 spiro atoms. The van der Waals surface area contributed by atoms with Crippen molar-refractivity contribution in [2.45, 2.75) is 33.4 Å². The Morgan fingerprint density at radius 2 is 1.97 bits per heavy atom. The molecule has 36 heavy (non-hydrogen) atoms. The van der Waals surface area contributed by atoms with Crippen LogP contribution in [0.1, 0.15) is 33.5 Å². The fourth-order valence-corrected chi connectivity index (χ4v) is 4.78. The summed E-state index contributed by atoms with van der Waals surface area (Å²) in [5, 5.41) is 4.01. The summed E-state index contributed by atoms with van der Waals surface area (Å²) in [6.45, 7) is 6.27. The molecule has 0 aliphatic carbocycles. The third-order valence-corrected chi connectivity index (χ3v) is 6.69. The van der Waals surface area contributed by atoms with Gasteiger partial charge < -0.3 is 5.32 Å². The predicted octanol–water partition coefficient (Wildman–Crippen LogP) is 5.76. The molecule has 1 N–H and O–H groups in total. The van der Waals surface area contributed by atoms with Crippen molar-refractivity contribution in [1.29, 1.82) is 0 Å². The second-order valence-corrected chi connectivity index (χ2v) is 9.32. The van der Waals surface area contributed by atoms with Crippen LogP contribution in [0, 0.1) is 25.6 Å². The third-order valence-electron chi connectivity index (χ3n) is 6.69. The van der Waals surface area contributed by atoms with E-state index in [0.29, 0.717) is 11.1 Å². The summed E-state index contributed by atoms with van der Waals surface area (Å²) in [6, 6.07) is 14.2. The van der Waals surface area contributed by atoms with Gasteiger partial charge in [0.15, 0.2) is 0 Å². The van der Waals surface area contributed by atoms with Gasteiger partial charge in [0.1, 0.15) is 5.82 Å². The molecule has 0 saturated carbocycles. The second kappa shape index (κ2) is 10.0. The van der Waals surface area contributed by atoms with Crippen molar-refractivity contribution in [3.63, 3.8) is 0 Å². The first-order valence-corrected chi connectivity index (χ1v) is 12.1. The van der Waals surface area contributed by atoms with Crippen molar-refractivity contribution < 1.29 is 13.6 Å². The number of fused-ring (bicyclic) bond motifs is 3. The molecule has 0 unspecified atom stereocenters. The average Bonchev–Trinajstić information content (AvgIpc) is 3.18. The van der Waals surface area contributed by atoms with E-state index in [4.69, 9.17) is 0 Å². The highest BCUT2D eigenvalue weighted by molar-refractivity contribution is 5.96. The summed E-state index contributed by atoms with van der Waals surface area (Å²) in [7, 11) is 0. The second-order valence-electron chi connectivity index (χ2n) is 9.32. The van der Waals surface area contributed by atoms with Crippen molar-refractivity contribution in [2.24, 2.45) is 0 Å². The van der Waals surface area contributed by atoms with Gasteiger partial charge in [0.25, 0.3) is 0 Å². The molecule has 0 fully saturated rings. The Morgan fingerprint density at radius 1 is 1.11 bits per heavy atom. The Bertz CT molecular complexity index is 1470. The molecule has 4 aromatic rings. The molecule has 0 radical (unpaired) electrons. The molecule has 7 heteroatoms. The van der Waals surface area contributed by atoms with Crippen LogP contribution >= 0.6 is 0 Å². The first-order valence-electron chi connectivity index (χ1n) is 12.1. The molecule has 3 heterocycles. The highest BCUT2D eigenvalue weighted by Gasteiger charge is 2.26. The smallest absolute Gasteiger partial charge is 0.326 e. The van der Waals surface area contributed by atoms with Crippen molar-refractivity contribution >= 4 is 23.0 Å². The summed E-state index contributed by atoms with van der Waals surface area (Å²) in [4.78, 5) is 19.2. The number of nitrogens with one attached hydrogen (secondary N) is 1. The highest BCUT2D eigenvalue weighted by Crippen LogP contribution is 2.31. The SMILES string of the molecule is Cc1ccc2c(c1)c1c(n2C(=O)NCc2ccnc(F)c2)CCN(C/C=C/c2ccc(C)c(F)c2)C1. The molecular weight excluding hydrogens is 458 g/mol. The van der Waals surface area contributed by atoms with Crippen LogP contribution in [0.25, 0.3) is 17.0 Å². The Balaban J connectivity index is 1.36. The van der Waals surface area contributed by atoms with Gasteiger partial charge in [0.2, 0.25) is 5.95 Å². The number of benzene rings is 2. The van der Waals surface area contributed by atoms with Gasteiger partial charge in [-0.25, -0.2) is 14.2 Å². The van der Waals surface area contributed by atoms with Crippen molar-refractivity contribution in [3.8, 4) is 0 Å². The number of rotatable bonds is 5. The monoisotopic (exact) mass is 486 g/mol. The molecule has 2 aromatic heterocycles. The van der Waals surface area contributed by atoms with Crippen molar-refractivity contribution in [2.75, 3.05) is 13.1 Å². The lowest BCUT2D eigenvalue weighted by Gasteiger charge is -2.27. The first-order chi connectivity index (χ1) is 17.4. The van der Waals surface area contributed by atoms with Crippen LogP contribution in [0.5, 0.6) is 0 Å². The fourth-order valence-electron chi connectivity index (χ4n) is 4.78. The highest BCUT2D eigenvalue weighted by atomic mass is 19.1. The number of carbonyl (C=O) groups is 1. The fraction of sp³-hybridized carbons (Fsp3) is 0.241. The Kier molecular flexibility index (Phi) is 6.65. The van der Waals surface area contributed by atoms with E-state index >= 15 is 0 Å². The number of aryl methyl sites for hydroxylation is 2. The van der Waals surface area contributed by atoms with Gasteiger partial charge in [0, 0.05) is 49.9 Å². The number of pyridine rings is 1. The van der Waals surface area contributed by atoms with Crippen LogP contribution in [-0.4, -0.2) is 33.6 Å². The Labute approximate surface area is 209 Å². The Morgan fingerprint density at radius 3 is 2.78 bits per heavy atom. The van der Waals surface area contributed by atoms with Crippen LogP contribution in [-0.2, 0) is 19.5 Å². The first kappa shape index (κ1) is 23.9. The summed E-state index contributed by atoms with van der Waals surface area (Å²) in [5.41, 5.74) is 6.30. The molecule has 0 saturated heterocycles. The molecular formula is C29H28F2N4O. The minimum absolute atomic E-state index is 0.199. The normalized spacial score (nSPS) is 13.9. The number of aromatic nitrogens is 2. The van der Waals surface area contributed by atoms with Gasteiger partial charge >= 0.3 is 6.03 Å². The van der Waals surface area contributed by atoms with E-state index in [1.165, 1.54) is 12.3 Å². The third kappa shape index (κ3) is 4.93. The summed E-state index contributed by atoms with van der Waals surface area (Å²) >= 11 is 0. The minimum Gasteiger partial charge on any atom is -0.333 e. The van der Waals surface area contributed by atoms with Crippen molar-refractivity contribution in [3.05, 3.63) is 106 Å². The van der Waals surface area contributed by atoms with Crippen LogP contribution < -0.4 is 5.32 Å². The zero-order valence-electron chi connectivity index (χ0n) is 20.4. The number of hydrogen-bond acceptors (Lipinski definition) is 3. The lowest BCUT2D eigenvalue weighted by Crippen LogP contribution is -2.34. The molecule has 1 aliphatic rings. The van der Waals surface area contributed by atoms with E-state index in [1.807, 2.05) is 31.2 Å². The van der Waals surface area contributed by atoms with E-state index < -0.39 is 5.95 Å². The Hall–Kier alpha value is -3.84. The molecule has 0 atom stereocenters. The predicted molar refractivity (Wildman–Crippen MR) is 138 cm³/mol. The standard InChI is InChI=1S/C29H28F2N4O/c1-19-5-8-26-23(14-19)24-18-34(12-3-4-21-7-6-20(2)25(30)15-21)13-10-27(24)35(26)29(36)33-17-22-9-11-32-28(31)16-22/h3-9,11,14-16H,10,12-13,17-18H2,1-2H3,(H,33,36)/b4-3+. The van der Waals surface area contributed by atoms with E-state index in [1.54, 1.807) is 29.7 Å². The largest absolute Gasteiger partial charge is 0.333 e. The molecule has 184 valence electrons. The lowest BCUT2D eigenvalue weighted by molar-refractivity contribution is 0.240. The number of nitrogens with zero attached hydrogens (tertiary/aromatic N) is 3. The zero-order valence-corrected chi connectivity index (χ0v) is 20.4. The topological polar surface area (TPSA) is 50.2 Å². The molecule has 1 amide bonds. The number of carbonyl (C=O) groups excluding carboxylic acids is 1. The van der Waals surface area contributed by atoms with E-state index in [9.17, 15) is 13.6 Å². The van der Waals surface area contributed by atoms with Crippen molar-refractivity contribution in [1.82, 2.24) is 19.8 Å². The van der Waals surface area contributed by atoms with E-state index in [0.717, 1.165) is 59.3 Å². The molecule has 5 nitrogen and oxygen atoms in total. The average molecular weight is 487 g/mol. The van der Waals surface area contributed by atoms with Gasteiger partial charge in [-0.1, -0.05) is 35.9 Å². The number of amides is 1. The van der Waals surface area contributed by atoms with E-state index in [2.05, 4.69) is 27.3 Å². The van der Waals surface area contributed by atoms with Crippen LogP contribution in [0.3, 0.4) is 0 Å². The van der Waals surface area contributed by atoms with Crippen LogP contribution in [0.15, 0.2) is 60.8 Å². The van der Waals surface area contributed by atoms with Gasteiger partial charge in [-0.15, -0.1) is 0 Å². The number of halogens is 2. The zero-order chi connectivity index (χ0) is 25.2. The van der Waals surface area contributed by atoms with E-state index in [-0.39, 0.29) is 18.4 Å². The summed E-state index contributed by atoms with van der Waals surface area (Å²) < 4.78 is 29.0. The summed E-state index contributed by atoms with van der Waals surface area (Å²) in [5.74, 6) is -0.766. The van der Waals surface area contributed by atoms with Crippen LogP contribution in [0.4, 0.5) is 13.6 Å². The number of hydrogen-bond donors (Lipinski definition) is 1. The lowest BCUT2D eigenvalue weighted by atomic mass is 10.0.